The Kier molecular flexibility index (Phi) is 8.62. The van der Waals surface area contributed by atoms with E-state index in [1.165, 1.54) is 0 Å². The third-order valence-electron chi connectivity index (χ3n) is 4.26. The zero-order valence-corrected chi connectivity index (χ0v) is 16.8. The number of aliphatic hydroxyl groups is 1. The lowest BCUT2D eigenvalue weighted by molar-refractivity contribution is 0.251. The Balaban J connectivity index is 1.88. The molecule has 0 aliphatic heterocycles. The highest BCUT2D eigenvalue weighted by molar-refractivity contribution is 5.89. The molecule has 0 bridgehead atoms. The van der Waals surface area contributed by atoms with Gasteiger partial charge in [-0.1, -0.05) is 38.1 Å². The molecule has 0 unspecified atom stereocenters. The maximum Gasteiger partial charge on any atom is 0.319 e. The number of methoxy groups -OCH3 is 1. The van der Waals surface area contributed by atoms with Crippen LogP contribution in [0.4, 0.5) is 10.5 Å². The first-order valence-electron chi connectivity index (χ1n) is 9.56. The maximum atomic E-state index is 12.2. The molecule has 0 saturated heterocycles. The number of benzene rings is 2. The highest BCUT2D eigenvalue weighted by Crippen LogP contribution is 2.30. The van der Waals surface area contributed by atoms with Crippen molar-refractivity contribution in [1.29, 1.82) is 0 Å². The lowest BCUT2D eigenvalue weighted by Crippen LogP contribution is -2.28. The van der Waals surface area contributed by atoms with Crippen molar-refractivity contribution < 1.29 is 19.4 Å². The molecule has 0 saturated carbocycles. The second kappa shape index (κ2) is 11.2. The molecule has 0 heterocycles. The normalized spacial score (nSPS) is 10.6. The molecule has 0 aromatic heterocycles. The summed E-state index contributed by atoms with van der Waals surface area (Å²) in [5.41, 5.74) is 2.43. The van der Waals surface area contributed by atoms with Crippen LogP contribution in [0.25, 0.3) is 0 Å². The van der Waals surface area contributed by atoms with Crippen LogP contribution in [-0.2, 0) is 13.2 Å². The average Bonchev–Trinajstić information content (AvgIpc) is 2.70. The minimum absolute atomic E-state index is 0.00748. The molecule has 0 fully saturated rings. The number of carbonyl (C=O) groups is 1. The first-order valence-corrected chi connectivity index (χ1v) is 9.56. The summed E-state index contributed by atoms with van der Waals surface area (Å²) in [7, 11) is 1.60. The molecule has 0 atom stereocenters. The van der Waals surface area contributed by atoms with Crippen molar-refractivity contribution in [2.75, 3.05) is 19.0 Å². The Morgan fingerprint density at radius 1 is 1.07 bits per heavy atom. The van der Waals surface area contributed by atoms with Crippen molar-refractivity contribution in [3.63, 3.8) is 0 Å². The van der Waals surface area contributed by atoms with Gasteiger partial charge in [0.25, 0.3) is 0 Å². The predicted octanol–water partition coefficient (Wildman–Crippen LogP) is 4.32. The Morgan fingerprint density at radius 3 is 2.43 bits per heavy atom. The number of hydrogen-bond donors (Lipinski definition) is 3. The Bertz CT molecular complexity index is 745. The number of rotatable bonds is 10. The van der Waals surface area contributed by atoms with Gasteiger partial charge >= 0.3 is 6.03 Å². The smallest absolute Gasteiger partial charge is 0.319 e. The summed E-state index contributed by atoms with van der Waals surface area (Å²) in [6, 6.07) is 12.4. The molecule has 28 heavy (non-hydrogen) atoms. The van der Waals surface area contributed by atoms with Crippen LogP contribution < -0.4 is 20.1 Å². The van der Waals surface area contributed by atoms with Gasteiger partial charge in [0.1, 0.15) is 0 Å². The monoisotopic (exact) mass is 386 g/mol. The van der Waals surface area contributed by atoms with E-state index in [-0.39, 0.29) is 12.6 Å². The van der Waals surface area contributed by atoms with Gasteiger partial charge in [0.2, 0.25) is 0 Å². The largest absolute Gasteiger partial charge is 0.493 e. The van der Waals surface area contributed by atoms with E-state index in [9.17, 15) is 4.79 Å². The van der Waals surface area contributed by atoms with E-state index in [1.54, 1.807) is 25.3 Å². The number of amides is 2. The van der Waals surface area contributed by atoms with Crippen LogP contribution in [0.2, 0.25) is 0 Å². The van der Waals surface area contributed by atoms with Crippen molar-refractivity contribution in [1.82, 2.24) is 5.32 Å². The lowest BCUT2D eigenvalue weighted by atomic mass is 10.1. The molecule has 0 aliphatic rings. The Labute approximate surface area is 166 Å². The molecule has 6 nitrogen and oxygen atoms in total. The van der Waals surface area contributed by atoms with Gasteiger partial charge < -0.3 is 25.2 Å². The van der Waals surface area contributed by atoms with Crippen LogP contribution in [0, 0.1) is 5.92 Å². The number of carbonyl (C=O) groups excluding carboxylic acids is 1. The van der Waals surface area contributed by atoms with Crippen LogP contribution in [-0.4, -0.2) is 24.9 Å². The Morgan fingerprint density at radius 2 is 1.79 bits per heavy atom. The molecule has 2 rings (SSSR count). The first-order chi connectivity index (χ1) is 13.5. The van der Waals surface area contributed by atoms with Crippen LogP contribution in [0.3, 0.4) is 0 Å². The highest BCUT2D eigenvalue weighted by Gasteiger charge is 2.09. The summed E-state index contributed by atoms with van der Waals surface area (Å²) in [6.45, 7) is 5.38. The van der Waals surface area contributed by atoms with Crippen LogP contribution in [0.5, 0.6) is 11.5 Å². The van der Waals surface area contributed by atoms with Crippen molar-refractivity contribution in [2.24, 2.45) is 5.92 Å². The van der Waals surface area contributed by atoms with Gasteiger partial charge in [-0.15, -0.1) is 0 Å². The van der Waals surface area contributed by atoms with E-state index in [0.717, 1.165) is 24.0 Å². The van der Waals surface area contributed by atoms with Gasteiger partial charge in [-0.25, -0.2) is 4.79 Å². The standard InChI is InChI=1S/C22H30N2O4/c1-16(2)5-4-12-28-21-13-19(10-11-20(21)27-3)24-22(26)23-14-17-6-8-18(15-25)9-7-17/h6-11,13,16,25H,4-5,12,14-15H2,1-3H3,(H2,23,24,26). The molecule has 0 spiro atoms. The van der Waals surface area contributed by atoms with E-state index < -0.39 is 0 Å². The number of urea groups is 1. The zero-order valence-electron chi connectivity index (χ0n) is 16.8. The minimum atomic E-state index is -0.304. The molecule has 2 aromatic carbocycles. The fraction of sp³-hybridized carbons (Fsp3) is 0.409. The number of ether oxygens (including phenoxy) is 2. The van der Waals surface area contributed by atoms with Gasteiger partial charge in [-0.05, 0) is 42.0 Å². The second-order valence-electron chi connectivity index (χ2n) is 7.03. The molecular formula is C22H30N2O4. The van der Waals surface area contributed by atoms with E-state index in [0.29, 0.717) is 36.3 Å². The molecule has 6 heteroatoms. The predicted molar refractivity (Wildman–Crippen MR) is 111 cm³/mol. The second-order valence-corrected chi connectivity index (χ2v) is 7.03. The summed E-state index contributed by atoms with van der Waals surface area (Å²) >= 11 is 0. The molecular weight excluding hydrogens is 356 g/mol. The lowest BCUT2D eigenvalue weighted by Gasteiger charge is -2.14. The molecule has 2 amide bonds. The number of nitrogens with one attached hydrogen (secondary N) is 2. The van der Waals surface area contributed by atoms with Crippen molar-refractivity contribution in [3.8, 4) is 11.5 Å². The zero-order chi connectivity index (χ0) is 20.4. The third-order valence-corrected chi connectivity index (χ3v) is 4.26. The number of hydrogen-bond acceptors (Lipinski definition) is 4. The van der Waals surface area contributed by atoms with Crippen molar-refractivity contribution >= 4 is 11.7 Å². The van der Waals surface area contributed by atoms with Gasteiger partial charge in [-0.2, -0.15) is 0 Å². The topological polar surface area (TPSA) is 79.8 Å². The van der Waals surface area contributed by atoms with Crippen molar-refractivity contribution in [2.45, 2.75) is 39.8 Å². The Hall–Kier alpha value is -2.73. The summed E-state index contributed by atoms with van der Waals surface area (Å²) in [5, 5.41) is 14.7. The van der Waals surface area contributed by atoms with E-state index >= 15 is 0 Å². The fourth-order valence-corrected chi connectivity index (χ4v) is 2.66. The highest BCUT2D eigenvalue weighted by atomic mass is 16.5. The summed E-state index contributed by atoms with van der Waals surface area (Å²) < 4.78 is 11.2. The number of aliphatic hydroxyl groups excluding tert-OH is 1. The molecule has 0 aliphatic carbocycles. The first kappa shape index (κ1) is 21.6. The van der Waals surface area contributed by atoms with Crippen molar-refractivity contribution in [3.05, 3.63) is 53.6 Å². The summed E-state index contributed by atoms with van der Waals surface area (Å²) in [5.74, 6) is 1.89. The van der Waals surface area contributed by atoms with Gasteiger partial charge in [0.15, 0.2) is 11.5 Å². The quantitative estimate of drug-likeness (QED) is 0.531. The summed E-state index contributed by atoms with van der Waals surface area (Å²) in [6.07, 6.45) is 2.07. The molecule has 2 aromatic rings. The van der Waals surface area contributed by atoms with E-state index in [4.69, 9.17) is 14.6 Å². The summed E-state index contributed by atoms with van der Waals surface area (Å²) in [4.78, 5) is 12.2. The molecule has 152 valence electrons. The van der Waals surface area contributed by atoms with Gasteiger partial charge in [-0.3, -0.25) is 0 Å². The van der Waals surface area contributed by atoms with E-state index in [2.05, 4.69) is 24.5 Å². The molecule has 0 radical (unpaired) electrons. The van der Waals surface area contributed by atoms with Gasteiger partial charge in [0.05, 0.1) is 20.3 Å². The van der Waals surface area contributed by atoms with Crippen LogP contribution in [0.15, 0.2) is 42.5 Å². The third kappa shape index (κ3) is 7.12. The number of anilines is 1. The van der Waals surface area contributed by atoms with Gasteiger partial charge in [0, 0.05) is 18.3 Å². The average molecular weight is 386 g/mol. The SMILES string of the molecule is COc1ccc(NC(=O)NCc2ccc(CO)cc2)cc1OCCCC(C)C. The van der Waals surface area contributed by atoms with Crippen LogP contribution in [0.1, 0.15) is 37.8 Å². The fourth-order valence-electron chi connectivity index (χ4n) is 2.66. The molecule has 3 N–H and O–H groups in total. The minimum Gasteiger partial charge on any atom is -0.493 e. The van der Waals surface area contributed by atoms with Crippen LogP contribution >= 0.6 is 0 Å². The van der Waals surface area contributed by atoms with E-state index in [1.807, 2.05) is 24.3 Å². The maximum absolute atomic E-state index is 12.2.